The molecule has 1 amide bonds. The first-order valence-electron chi connectivity index (χ1n) is 12.2. The van der Waals surface area contributed by atoms with E-state index >= 15 is 0 Å². The normalized spacial score (nSPS) is 24.6. The number of imidazole rings is 1. The Morgan fingerprint density at radius 2 is 1.78 bits per heavy atom. The van der Waals surface area contributed by atoms with Crippen LogP contribution in [-0.2, 0) is 4.79 Å². The summed E-state index contributed by atoms with van der Waals surface area (Å²) in [5, 5.41) is 17.1. The van der Waals surface area contributed by atoms with Crippen LogP contribution in [0.3, 0.4) is 0 Å². The largest absolute Gasteiger partial charge is 0.391 e. The van der Waals surface area contributed by atoms with Gasteiger partial charge in [0.15, 0.2) is 5.65 Å². The van der Waals surface area contributed by atoms with E-state index in [1.807, 2.05) is 4.57 Å². The second-order valence-electron chi connectivity index (χ2n) is 9.59. The minimum absolute atomic E-state index is 0.0193. The van der Waals surface area contributed by atoms with Crippen LogP contribution in [0, 0.1) is 11.7 Å². The van der Waals surface area contributed by atoms with E-state index < -0.39 is 11.9 Å². The zero-order valence-electron chi connectivity index (χ0n) is 19.6. The van der Waals surface area contributed by atoms with Crippen molar-refractivity contribution in [3.63, 3.8) is 0 Å². The van der Waals surface area contributed by atoms with E-state index in [1.165, 1.54) is 12.1 Å². The molecule has 0 spiro atoms. The Morgan fingerprint density at radius 1 is 1.08 bits per heavy atom. The molecule has 9 nitrogen and oxygen atoms in total. The van der Waals surface area contributed by atoms with E-state index in [9.17, 15) is 14.3 Å². The van der Waals surface area contributed by atoms with E-state index in [0.29, 0.717) is 54.4 Å². The first kappa shape index (κ1) is 25.0. The van der Waals surface area contributed by atoms with Crippen LogP contribution in [0.5, 0.6) is 0 Å². The quantitative estimate of drug-likeness (QED) is 0.351. The first-order chi connectivity index (χ1) is 17.3. The number of aliphatic hydroxyl groups is 1. The van der Waals surface area contributed by atoms with Gasteiger partial charge in [0.05, 0.1) is 34.1 Å². The van der Waals surface area contributed by atoms with Gasteiger partial charge in [0.25, 0.3) is 0 Å². The maximum absolute atomic E-state index is 13.8. The number of carbonyl (C=O) groups is 1. The Hall–Kier alpha value is -2.69. The van der Waals surface area contributed by atoms with Crippen molar-refractivity contribution >= 4 is 57.9 Å². The summed E-state index contributed by atoms with van der Waals surface area (Å²) in [7, 11) is 0. The number of benzene rings is 1. The smallest absolute Gasteiger partial charge is 0.225 e. The molecule has 5 rings (SSSR count). The molecule has 36 heavy (non-hydrogen) atoms. The van der Waals surface area contributed by atoms with Crippen LogP contribution in [0.2, 0.25) is 10.0 Å². The third kappa shape index (κ3) is 5.07. The number of nitrogens with zero attached hydrogens (tertiary/aromatic N) is 4. The van der Waals surface area contributed by atoms with E-state index in [-0.39, 0.29) is 34.0 Å². The van der Waals surface area contributed by atoms with Gasteiger partial charge in [-0.05, 0) is 50.7 Å². The maximum Gasteiger partial charge on any atom is 0.225 e. The van der Waals surface area contributed by atoms with E-state index in [4.69, 9.17) is 38.9 Å². The second-order valence-corrected chi connectivity index (χ2v) is 10.4. The van der Waals surface area contributed by atoms with Crippen molar-refractivity contribution < 1.29 is 14.3 Å². The molecule has 2 saturated carbocycles. The number of nitrogens with two attached hydrogens (primary N) is 1. The Morgan fingerprint density at radius 3 is 2.44 bits per heavy atom. The number of amides is 1. The van der Waals surface area contributed by atoms with Crippen molar-refractivity contribution in [2.45, 2.75) is 69.6 Å². The standard InChI is InChI=1S/C24H28Cl2FN7O2/c25-15-9-13(27)10-16(26)20(15)32-24-31-18-11-29-23(30-17-3-1-2-4-19(17)35)33-22(18)34(24)14-7-5-12(6-8-14)21(28)36/h9-12,14,17,19,35H,1-8H2,(H2,28,36)(H,31,32)(H,29,30,33)/t12-,14+,17-,19+/m0/s1. The summed E-state index contributed by atoms with van der Waals surface area (Å²) in [4.78, 5) is 25.6. The van der Waals surface area contributed by atoms with Gasteiger partial charge in [0.2, 0.25) is 17.8 Å². The third-order valence-electron chi connectivity index (χ3n) is 7.18. The lowest BCUT2D eigenvalue weighted by Gasteiger charge is -2.29. The summed E-state index contributed by atoms with van der Waals surface area (Å²) >= 11 is 12.6. The van der Waals surface area contributed by atoms with Crippen LogP contribution in [-0.4, -0.2) is 42.7 Å². The highest BCUT2D eigenvalue weighted by Gasteiger charge is 2.30. The van der Waals surface area contributed by atoms with E-state index in [1.54, 1.807) is 6.20 Å². The lowest BCUT2D eigenvalue weighted by Crippen LogP contribution is -2.36. The minimum Gasteiger partial charge on any atom is -0.391 e. The molecule has 1 aromatic carbocycles. The van der Waals surface area contributed by atoms with Crippen LogP contribution in [0.25, 0.3) is 11.2 Å². The Bertz CT molecular complexity index is 1260. The molecule has 0 bridgehead atoms. The van der Waals surface area contributed by atoms with Gasteiger partial charge in [-0.3, -0.25) is 9.36 Å². The van der Waals surface area contributed by atoms with Gasteiger partial charge in [-0.2, -0.15) is 4.98 Å². The SMILES string of the molecule is NC(=O)[C@H]1CC[C@@H](n2c(Nc3c(Cl)cc(F)cc3Cl)nc3cnc(N[C@H]4CCCC[C@H]4O)nc32)CC1. The fourth-order valence-corrected chi connectivity index (χ4v) is 5.79. The summed E-state index contributed by atoms with van der Waals surface area (Å²) in [5.41, 5.74) is 7.02. The Kier molecular flexibility index (Phi) is 7.18. The van der Waals surface area contributed by atoms with Crippen molar-refractivity contribution in [2.24, 2.45) is 11.7 Å². The van der Waals surface area contributed by atoms with Crippen LogP contribution < -0.4 is 16.4 Å². The molecule has 0 aliphatic heterocycles. The fraction of sp³-hybridized carbons (Fsp3) is 0.500. The highest BCUT2D eigenvalue weighted by molar-refractivity contribution is 6.39. The van der Waals surface area contributed by atoms with Crippen molar-refractivity contribution in [1.29, 1.82) is 0 Å². The monoisotopic (exact) mass is 535 g/mol. The van der Waals surface area contributed by atoms with Crippen molar-refractivity contribution in [3.05, 3.63) is 34.2 Å². The Labute approximate surface area is 217 Å². The van der Waals surface area contributed by atoms with Gasteiger partial charge in [0.1, 0.15) is 11.3 Å². The average Bonchev–Trinajstić information content (AvgIpc) is 3.20. The highest BCUT2D eigenvalue weighted by Crippen LogP contribution is 2.39. The number of fused-ring (bicyclic) bond motifs is 1. The molecule has 2 fully saturated rings. The van der Waals surface area contributed by atoms with Gasteiger partial charge in [-0.15, -0.1) is 0 Å². The summed E-state index contributed by atoms with van der Waals surface area (Å²) in [6.07, 6.45) is 7.51. The number of hydrogen-bond acceptors (Lipinski definition) is 7. The molecular weight excluding hydrogens is 508 g/mol. The lowest BCUT2D eigenvalue weighted by atomic mass is 9.85. The van der Waals surface area contributed by atoms with Crippen LogP contribution in [0.1, 0.15) is 57.4 Å². The van der Waals surface area contributed by atoms with Crippen LogP contribution >= 0.6 is 23.2 Å². The molecule has 2 aliphatic carbocycles. The number of hydrogen-bond donors (Lipinski definition) is 4. The molecule has 5 N–H and O–H groups in total. The summed E-state index contributed by atoms with van der Waals surface area (Å²) in [5.74, 6) is -0.141. The Balaban J connectivity index is 1.53. The first-order valence-corrected chi connectivity index (χ1v) is 13.0. The third-order valence-corrected chi connectivity index (χ3v) is 7.78. The number of anilines is 3. The minimum atomic E-state index is -0.541. The van der Waals surface area contributed by atoms with Crippen molar-refractivity contribution in [3.8, 4) is 0 Å². The molecule has 0 saturated heterocycles. The zero-order valence-corrected chi connectivity index (χ0v) is 21.1. The lowest BCUT2D eigenvalue weighted by molar-refractivity contribution is -0.122. The zero-order chi connectivity index (χ0) is 25.4. The molecule has 2 aliphatic rings. The van der Waals surface area contributed by atoms with Gasteiger partial charge in [-0.1, -0.05) is 36.0 Å². The number of rotatable bonds is 6. The average molecular weight is 536 g/mol. The van der Waals surface area contributed by atoms with Crippen LogP contribution in [0.15, 0.2) is 18.3 Å². The fourth-order valence-electron chi connectivity index (χ4n) is 5.23. The molecule has 2 atom stereocenters. The van der Waals surface area contributed by atoms with Gasteiger partial charge in [-0.25, -0.2) is 14.4 Å². The molecule has 2 aromatic heterocycles. The van der Waals surface area contributed by atoms with Gasteiger partial charge < -0.3 is 21.5 Å². The van der Waals surface area contributed by atoms with Crippen LogP contribution in [0.4, 0.5) is 22.0 Å². The number of primary amides is 1. The number of aliphatic hydroxyl groups excluding tert-OH is 1. The molecule has 12 heteroatoms. The number of nitrogens with one attached hydrogen (secondary N) is 2. The molecule has 0 radical (unpaired) electrons. The van der Waals surface area contributed by atoms with E-state index in [2.05, 4.69) is 15.6 Å². The van der Waals surface area contributed by atoms with E-state index in [0.717, 1.165) is 25.7 Å². The second kappa shape index (κ2) is 10.4. The molecule has 2 heterocycles. The number of halogens is 3. The molecule has 0 unspecified atom stereocenters. The topological polar surface area (TPSA) is 131 Å². The molecule has 3 aromatic rings. The predicted octanol–water partition coefficient (Wildman–Crippen LogP) is 4.95. The molecular formula is C24H28Cl2FN7O2. The van der Waals surface area contributed by atoms with Crippen molar-refractivity contribution in [2.75, 3.05) is 10.6 Å². The predicted molar refractivity (Wildman–Crippen MR) is 137 cm³/mol. The van der Waals surface area contributed by atoms with Gasteiger partial charge in [0, 0.05) is 12.0 Å². The summed E-state index contributed by atoms with van der Waals surface area (Å²) in [6, 6.07) is 2.22. The number of aromatic nitrogens is 4. The van der Waals surface area contributed by atoms with Gasteiger partial charge >= 0.3 is 0 Å². The maximum atomic E-state index is 13.8. The summed E-state index contributed by atoms with van der Waals surface area (Å²) in [6.45, 7) is 0. The number of carbonyl (C=O) groups excluding carboxylic acids is 1. The van der Waals surface area contributed by atoms with Crippen molar-refractivity contribution in [1.82, 2.24) is 19.5 Å². The summed E-state index contributed by atoms with van der Waals surface area (Å²) < 4.78 is 15.7. The highest BCUT2D eigenvalue weighted by atomic mass is 35.5. The molecule has 192 valence electrons.